The van der Waals surface area contributed by atoms with Gasteiger partial charge in [-0.2, -0.15) is 0 Å². The molecule has 0 amide bonds. The summed E-state index contributed by atoms with van der Waals surface area (Å²) in [5.74, 6) is 0. The average molecular weight is 407 g/mol. The van der Waals surface area contributed by atoms with Crippen molar-refractivity contribution >= 4 is 0 Å². The molecule has 0 radical (unpaired) electrons. The molecule has 0 saturated heterocycles. The zero-order valence-corrected chi connectivity index (χ0v) is 17.4. The van der Waals surface area contributed by atoms with Gasteiger partial charge >= 0.3 is 0 Å². The van der Waals surface area contributed by atoms with Crippen molar-refractivity contribution in [2.45, 2.75) is 30.5 Å². The zero-order chi connectivity index (χ0) is 21.3. The summed E-state index contributed by atoms with van der Waals surface area (Å²) in [4.78, 5) is 0. The van der Waals surface area contributed by atoms with E-state index in [0.717, 1.165) is 11.1 Å². The van der Waals surface area contributed by atoms with Crippen LogP contribution in [0.25, 0.3) is 11.1 Å². The van der Waals surface area contributed by atoms with Gasteiger partial charge in [-0.15, -0.1) is 0 Å². The van der Waals surface area contributed by atoms with E-state index in [9.17, 15) is 10.2 Å². The van der Waals surface area contributed by atoms with Crippen LogP contribution < -0.4 is 0 Å². The first-order chi connectivity index (χ1) is 15.2. The van der Waals surface area contributed by atoms with E-state index < -0.39 is 17.6 Å². The predicted molar refractivity (Wildman–Crippen MR) is 125 cm³/mol. The summed E-state index contributed by atoms with van der Waals surface area (Å²) >= 11 is 0. The van der Waals surface area contributed by atoms with Crippen LogP contribution in [0.1, 0.15) is 47.3 Å². The maximum atomic E-state index is 11.3. The Labute approximate surface area is 183 Å². The Kier molecular flexibility index (Phi) is 5.19. The molecule has 2 unspecified atom stereocenters. The molecule has 1 aliphatic carbocycles. The minimum absolute atomic E-state index is 0.488. The lowest BCUT2D eigenvalue weighted by Gasteiger charge is -2.36. The first-order valence-corrected chi connectivity index (χ1v) is 10.8. The maximum Gasteiger partial charge on any atom is 0.0801 e. The van der Waals surface area contributed by atoms with Crippen LogP contribution in [0.15, 0.2) is 109 Å². The molecule has 1 aliphatic rings. The quantitative estimate of drug-likeness (QED) is 0.400. The van der Waals surface area contributed by atoms with Crippen LogP contribution in [0.3, 0.4) is 0 Å². The lowest BCUT2D eigenvalue weighted by molar-refractivity contribution is 0.100. The molecule has 31 heavy (non-hydrogen) atoms. The average Bonchev–Trinajstić information content (AvgIpc) is 3.10. The van der Waals surface area contributed by atoms with Gasteiger partial charge in [-0.05, 0) is 46.2 Å². The molecule has 0 spiro atoms. The van der Waals surface area contributed by atoms with Crippen molar-refractivity contribution < 1.29 is 10.2 Å². The highest BCUT2D eigenvalue weighted by atomic mass is 16.3. The minimum atomic E-state index is -0.636. The first-order valence-electron chi connectivity index (χ1n) is 10.8. The molecule has 0 fully saturated rings. The third-order valence-electron chi connectivity index (χ3n) is 6.63. The van der Waals surface area contributed by atoms with Crippen molar-refractivity contribution in [1.29, 1.82) is 0 Å². The summed E-state index contributed by atoms with van der Waals surface area (Å²) in [6.07, 6.45) is -0.254. The van der Waals surface area contributed by atoms with E-state index >= 15 is 0 Å². The van der Waals surface area contributed by atoms with Crippen molar-refractivity contribution in [1.82, 2.24) is 0 Å². The summed E-state index contributed by atoms with van der Waals surface area (Å²) < 4.78 is 0. The van der Waals surface area contributed by atoms with Crippen molar-refractivity contribution in [2.24, 2.45) is 0 Å². The highest BCUT2D eigenvalue weighted by molar-refractivity contribution is 5.81. The molecule has 2 heteroatoms. The van der Waals surface area contributed by atoms with E-state index in [0.29, 0.717) is 12.8 Å². The summed E-state index contributed by atoms with van der Waals surface area (Å²) in [6.45, 7) is 0. The van der Waals surface area contributed by atoms with Gasteiger partial charge < -0.3 is 10.2 Å². The molecule has 2 nitrogen and oxygen atoms in total. The van der Waals surface area contributed by atoms with Gasteiger partial charge in [0.2, 0.25) is 0 Å². The first kappa shape index (κ1) is 19.7. The van der Waals surface area contributed by atoms with E-state index in [-0.39, 0.29) is 0 Å². The summed E-state index contributed by atoms with van der Waals surface area (Å²) in [7, 11) is 0. The monoisotopic (exact) mass is 406 g/mol. The Morgan fingerprint density at radius 1 is 0.484 bits per heavy atom. The van der Waals surface area contributed by atoms with Gasteiger partial charge in [0.05, 0.1) is 12.2 Å². The molecule has 5 rings (SSSR count). The van der Waals surface area contributed by atoms with E-state index in [2.05, 4.69) is 48.5 Å². The molecule has 2 atom stereocenters. The van der Waals surface area contributed by atoms with Crippen molar-refractivity contribution in [2.75, 3.05) is 0 Å². The summed E-state index contributed by atoms with van der Waals surface area (Å²) in [5, 5.41) is 22.6. The Balaban J connectivity index is 1.65. The van der Waals surface area contributed by atoms with Crippen molar-refractivity contribution in [3.05, 3.63) is 131 Å². The second-order valence-electron chi connectivity index (χ2n) is 8.43. The van der Waals surface area contributed by atoms with Crippen LogP contribution in [-0.4, -0.2) is 10.2 Å². The number of hydrogen-bond acceptors (Lipinski definition) is 2. The van der Waals surface area contributed by atoms with E-state index in [1.54, 1.807) is 0 Å². The lowest BCUT2D eigenvalue weighted by Crippen LogP contribution is -2.30. The predicted octanol–water partition coefficient (Wildman–Crippen LogP) is 6.20. The smallest absolute Gasteiger partial charge is 0.0801 e. The lowest BCUT2D eigenvalue weighted by atomic mass is 9.69. The Bertz CT molecular complexity index is 1070. The molecule has 4 aromatic rings. The number of aliphatic hydroxyl groups excluding tert-OH is 2. The Morgan fingerprint density at radius 3 is 1.26 bits per heavy atom. The SMILES string of the molecule is OC(CC1(CC(O)c2ccccc2)c2ccccc2-c2ccccc21)c1ccccc1. The highest BCUT2D eigenvalue weighted by Crippen LogP contribution is 2.56. The van der Waals surface area contributed by atoms with Crippen LogP contribution in [-0.2, 0) is 5.41 Å². The molecule has 2 N–H and O–H groups in total. The standard InChI is InChI=1S/C29H26O2/c30-27(21-11-3-1-4-12-21)19-29(20-28(31)22-13-5-2-6-14-22)25-17-9-7-15-23(25)24-16-8-10-18-26(24)29/h1-18,27-28,30-31H,19-20H2. The van der Waals surface area contributed by atoms with E-state index in [1.165, 1.54) is 22.3 Å². The third kappa shape index (κ3) is 3.48. The second kappa shape index (κ2) is 8.14. The van der Waals surface area contributed by atoms with Gasteiger partial charge in [-0.25, -0.2) is 0 Å². The van der Waals surface area contributed by atoms with Gasteiger partial charge in [-0.1, -0.05) is 109 Å². The second-order valence-corrected chi connectivity index (χ2v) is 8.43. The zero-order valence-electron chi connectivity index (χ0n) is 17.4. The molecule has 4 aromatic carbocycles. The highest BCUT2D eigenvalue weighted by Gasteiger charge is 2.45. The largest absolute Gasteiger partial charge is 0.388 e. The third-order valence-corrected chi connectivity index (χ3v) is 6.63. The fourth-order valence-electron chi connectivity index (χ4n) is 5.19. The van der Waals surface area contributed by atoms with Crippen molar-refractivity contribution in [3.8, 4) is 11.1 Å². The normalized spacial score (nSPS) is 15.7. The molecular weight excluding hydrogens is 380 g/mol. The fourth-order valence-corrected chi connectivity index (χ4v) is 5.19. The van der Waals surface area contributed by atoms with Crippen LogP contribution in [0.5, 0.6) is 0 Å². The number of rotatable bonds is 6. The van der Waals surface area contributed by atoms with Crippen LogP contribution >= 0.6 is 0 Å². The van der Waals surface area contributed by atoms with Gasteiger partial charge in [0.15, 0.2) is 0 Å². The van der Waals surface area contributed by atoms with Gasteiger partial charge in [0.25, 0.3) is 0 Å². The number of fused-ring (bicyclic) bond motifs is 3. The molecule has 154 valence electrons. The van der Waals surface area contributed by atoms with Crippen LogP contribution in [0.2, 0.25) is 0 Å². The molecule has 0 aromatic heterocycles. The molecule has 0 aliphatic heterocycles. The van der Waals surface area contributed by atoms with E-state index in [1.807, 2.05) is 60.7 Å². The minimum Gasteiger partial charge on any atom is -0.388 e. The number of aliphatic hydroxyl groups is 2. The van der Waals surface area contributed by atoms with Crippen molar-refractivity contribution in [3.63, 3.8) is 0 Å². The fraction of sp³-hybridized carbons (Fsp3) is 0.172. The van der Waals surface area contributed by atoms with E-state index in [4.69, 9.17) is 0 Å². The molecule has 0 heterocycles. The molecule has 0 bridgehead atoms. The molecule has 0 saturated carbocycles. The topological polar surface area (TPSA) is 40.5 Å². The van der Waals surface area contributed by atoms with Crippen LogP contribution in [0.4, 0.5) is 0 Å². The van der Waals surface area contributed by atoms with Gasteiger partial charge in [-0.3, -0.25) is 0 Å². The number of benzene rings is 4. The number of hydrogen-bond donors (Lipinski definition) is 2. The van der Waals surface area contributed by atoms with Crippen LogP contribution in [0, 0.1) is 0 Å². The summed E-state index contributed by atoms with van der Waals surface area (Å²) in [5.41, 5.74) is 6.06. The Hall–Kier alpha value is -3.20. The maximum absolute atomic E-state index is 11.3. The molecular formula is C29H26O2. The van der Waals surface area contributed by atoms with Gasteiger partial charge in [0, 0.05) is 5.41 Å². The Morgan fingerprint density at radius 2 is 0.839 bits per heavy atom. The van der Waals surface area contributed by atoms with Gasteiger partial charge in [0.1, 0.15) is 0 Å². The summed E-state index contributed by atoms with van der Waals surface area (Å²) in [6, 6.07) is 36.5.